The van der Waals surface area contributed by atoms with Crippen LogP contribution in [0.15, 0.2) is 24.5 Å². The van der Waals surface area contributed by atoms with Gasteiger partial charge in [-0.2, -0.15) is 0 Å². The second kappa shape index (κ2) is 9.38. The number of amides is 1. The number of aliphatic hydroxyl groups is 1. The number of piperidine rings is 1. The lowest BCUT2D eigenvalue weighted by Gasteiger charge is -2.58. The molecule has 1 saturated carbocycles. The summed E-state index contributed by atoms with van der Waals surface area (Å²) in [6, 6.07) is 3.27. The van der Waals surface area contributed by atoms with Gasteiger partial charge < -0.3 is 24.8 Å². The molecule has 0 bridgehead atoms. The molecule has 3 fully saturated rings. The van der Waals surface area contributed by atoms with E-state index in [0.29, 0.717) is 50.3 Å². The normalized spacial score (nSPS) is 29.1. The number of carbonyl (C=O) groups excluding carboxylic acids is 1. The molecule has 3 aliphatic rings. The van der Waals surface area contributed by atoms with Gasteiger partial charge in [-0.15, -0.1) is 0 Å². The number of imidazole rings is 1. The second-order valence-electron chi connectivity index (χ2n) is 11.2. The fraction of sp³-hybridized carbons (Fsp3) is 0.643. The highest BCUT2D eigenvalue weighted by molar-refractivity contribution is 5.78. The number of aromatic hydroxyl groups is 2. The minimum Gasteiger partial charge on any atom is -0.504 e. The van der Waals surface area contributed by atoms with Crippen LogP contribution in [0, 0.1) is 5.92 Å². The Hall–Kier alpha value is -2.58. The quantitative estimate of drug-likeness (QED) is 0.532. The minimum atomic E-state index is -1.16. The number of hydrogen-bond donors (Lipinski definition) is 3. The van der Waals surface area contributed by atoms with Crippen molar-refractivity contribution in [3.05, 3.63) is 41.5 Å². The van der Waals surface area contributed by atoms with E-state index in [1.54, 1.807) is 12.3 Å². The van der Waals surface area contributed by atoms with E-state index in [0.717, 1.165) is 24.5 Å². The molecule has 2 saturated heterocycles. The van der Waals surface area contributed by atoms with Crippen LogP contribution in [0.1, 0.15) is 62.9 Å². The third-order valence-corrected chi connectivity index (χ3v) is 9.34. The van der Waals surface area contributed by atoms with Crippen molar-refractivity contribution >= 4 is 5.91 Å². The lowest BCUT2D eigenvalue weighted by atomic mass is 9.56. The highest BCUT2D eigenvalue weighted by Crippen LogP contribution is 2.56. The molecule has 3 N–H and O–H groups in total. The maximum atomic E-state index is 13.4. The molecular formula is C28H40N4O4. The molecule has 36 heavy (non-hydrogen) atoms. The van der Waals surface area contributed by atoms with E-state index in [4.69, 9.17) is 0 Å². The number of fused-ring (bicyclic) bond motifs is 1. The molecule has 1 aromatic carbocycles. The molecule has 1 aliphatic carbocycles. The Morgan fingerprint density at radius 1 is 1.14 bits per heavy atom. The Kier molecular flexibility index (Phi) is 6.53. The van der Waals surface area contributed by atoms with Gasteiger partial charge in [-0.3, -0.25) is 9.69 Å². The van der Waals surface area contributed by atoms with Gasteiger partial charge in [0.2, 0.25) is 5.91 Å². The van der Waals surface area contributed by atoms with Crippen LogP contribution in [0.3, 0.4) is 0 Å². The summed E-state index contributed by atoms with van der Waals surface area (Å²) >= 11 is 0. The predicted molar refractivity (Wildman–Crippen MR) is 137 cm³/mol. The van der Waals surface area contributed by atoms with Crippen LogP contribution in [0.5, 0.6) is 11.5 Å². The number of rotatable bonds is 6. The molecule has 8 heteroatoms. The van der Waals surface area contributed by atoms with Crippen molar-refractivity contribution in [2.24, 2.45) is 13.0 Å². The fourth-order valence-corrected chi connectivity index (χ4v) is 6.84. The van der Waals surface area contributed by atoms with Gasteiger partial charge in [0.25, 0.3) is 0 Å². The lowest BCUT2D eigenvalue weighted by Crippen LogP contribution is -2.68. The smallest absolute Gasteiger partial charge is 0.230 e. The zero-order chi connectivity index (χ0) is 25.7. The van der Waals surface area contributed by atoms with Crippen LogP contribution in [-0.2, 0) is 30.1 Å². The number of phenols is 2. The number of aromatic nitrogens is 2. The van der Waals surface area contributed by atoms with Gasteiger partial charge >= 0.3 is 0 Å². The van der Waals surface area contributed by atoms with E-state index in [9.17, 15) is 20.1 Å². The first-order chi connectivity index (χ1) is 17.2. The molecule has 3 unspecified atom stereocenters. The van der Waals surface area contributed by atoms with Crippen molar-refractivity contribution < 1.29 is 20.1 Å². The Balaban J connectivity index is 1.54. The average molecular weight is 497 g/mol. The van der Waals surface area contributed by atoms with Crippen molar-refractivity contribution in [3.63, 3.8) is 0 Å². The first-order valence-corrected chi connectivity index (χ1v) is 13.4. The summed E-state index contributed by atoms with van der Waals surface area (Å²) in [5.41, 5.74) is -0.310. The molecule has 196 valence electrons. The zero-order valence-corrected chi connectivity index (χ0v) is 21.8. The van der Waals surface area contributed by atoms with Gasteiger partial charge in [-0.1, -0.05) is 13.0 Å². The van der Waals surface area contributed by atoms with Gasteiger partial charge in [0, 0.05) is 56.1 Å². The molecular weight excluding hydrogens is 456 g/mol. The number of likely N-dealkylation sites (tertiary alicyclic amines) is 2. The maximum absolute atomic E-state index is 13.4. The molecule has 8 nitrogen and oxygen atoms in total. The molecule has 0 spiro atoms. The van der Waals surface area contributed by atoms with Gasteiger partial charge in [0.1, 0.15) is 5.82 Å². The highest BCUT2D eigenvalue weighted by Gasteiger charge is 2.61. The van der Waals surface area contributed by atoms with Crippen LogP contribution < -0.4 is 0 Å². The van der Waals surface area contributed by atoms with Crippen LogP contribution in [0.4, 0.5) is 0 Å². The molecule has 5 rings (SSSR count). The van der Waals surface area contributed by atoms with E-state index in [-0.39, 0.29) is 29.9 Å². The van der Waals surface area contributed by atoms with Crippen LogP contribution in [0.25, 0.3) is 0 Å². The number of carbonyl (C=O) groups is 1. The Morgan fingerprint density at radius 2 is 1.86 bits per heavy atom. The average Bonchev–Trinajstić information content (AvgIpc) is 3.62. The van der Waals surface area contributed by atoms with Crippen molar-refractivity contribution in [2.45, 2.75) is 75.9 Å². The van der Waals surface area contributed by atoms with Crippen LogP contribution in [0.2, 0.25) is 0 Å². The van der Waals surface area contributed by atoms with Crippen molar-refractivity contribution in [1.82, 2.24) is 19.4 Å². The SMILES string of the molecule is CCc1ccc(O)c(O)c1C12CCN(C(=O)Cc3nccn3C)CCC1(O)C(C)N(CC1CC1)CC2. The summed E-state index contributed by atoms with van der Waals surface area (Å²) in [7, 11) is 1.89. The highest BCUT2D eigenvalue weighted by atomic mass is 16.3. The Bertz CT molecular complexity index is 1130. The Labute approximate surface area is 213 Å². The van der Waals surface area contributed by atoms with Crippen molar-refractivity contribution in [2.75, 3.05) is 26.2 Å². The summed E-state index contributed by atoms with van der Waals surface area (Å²) in [5, 5.41) is 34.4. The maximum Gasteiger partial charge on any atom is 0.230 e. The first kappa shape index (κ1) is 25.1. The van der Waals surface area contributed by atoms with Gasteiger partial charge in [0.15, 0.2) is 11.5 Å². The molecule has 1 amide bonds. The third kappa shape index (κ3) is 4.08. The van der Waals surface area contributed by atoms with E-state index in [1.165, 1.54) is 12.8 Å². The molecule has 3 atom stereocenters. The monoisotopic (exact) mass is 496 g/mol. The van der Waals surface area contributed by atoms with Crippen LogP contribution in [-0.4, -0.2) is 78.4 Å². The molecule has 0 radical (unpaired) electrons. The largest absolute Gasteiger partial charge is 0.504 e. The number of hydrogen-bond acceptors (Lipinski definition) is 6. The standard InChI is InChI=1S/C28H40N4O4/c1-4-21-7-8-22(33)26(35)25(21)27-9-13-31(24(34)17-23-29-12-16-30(23)3)15-11-28(27,36)19(2)32(14-10-27)18-20-5-6-20/h7-8,12,16,19-20,33,35-36H,4-6,9-11,13-15,17-18H2,1-3H3. The van der Waals surface area contributed by atoms with Gasteiger partial charge in [-0.25, -0.2) is 4.98 Å². The van der Waals surface area contributed by atoms with Crippen LogP contribution >= 0.6 is 0 Å². The minimum absolute atomic E-state index is 0.0000300. The summed E-state index contributed by atoms with van der Waals surface area (Å²) in [6.07, 6.45) is 8.55. The van der Waals surface area contributed by atoms with E-state index in [2.05, 4.69) is 16.8 Å². The third-order valence-electron chi connectivity index (χ3n) is 9.34. The molecule has 2 aromatic rings. The number of phenolic OH excluding ortho intramolecular Hbond substituents is 2. The number of aryl methyl sites for hydroxylation is 2. The van der Waals surface area contributed by atoms with E-state index in [1.807, 2.05) is 35.7 Å². The molecule has 2 aliphatic heterocycles. The van der Waals surface area contributed by atoms with Gasteiger partial charge in [-0.05, 0) is 69.5 Å². The second-order valence-corrected chi connectivity index (χ2v) is 11.2. The predicted octanol–water partition coefficient (Wildman–Crippen LogP) is 2.73. The summed E-state index contributed by atoms with van der Waals surface area (Å²) < 4.78 is 1.86. The van der Waals surface area contributed by atoms with Crippen molar-refractivity contribution in [3.8, 4) is 11.5 Å². The van der Waals surface area contributed by atoms with E-state index >= 15 is 0 Å². The topological polar surface area (TPSA) is 102 Å². The fourth-order valence-electron chi connectivity index (χ4n) is 6.84. The van der Waals surface area contributed by atoms with E-state index < -0.39 is 11.0 Å². The summed E-state index contributed by atoms with van der Waals surface area (Å²) in [6.45, 7) is 6.87. The van der Waals surface area contributed by atoms with Gasteiger partial charge in [0.05, 0.1) is 12.0 Å². The summed E-state index contributed by atoms with van der Waals surface area (Å²) in [4.78, 5) is 21.9. The number of benzene rings is 1. The lowest BCUT2D eigenvalue weighted by molar-refractivity contribution is -0.138. The Morgan fingerprint density at radius 3 is 2.53 bits per heavy atom. The number of nitrogens with zero attached hydrogens (tertiary/aromatic N) is 4. The molecule has 3 heterocycles. The zero-order valence-electron chi connectivity index (χ0n) is 21.8. The first-order valence-electron chi connectivity index (χ1n) is 13.4. The molecule has 1 aromatic heterocycles. The van der Waals surface area contributed by atoms with Crippen molar-refractivity contribution in [1.29, 1.82) is 0 Å². The summed E-state index contributed by atoms with van der Waals surface area (Å²) in [5.74, 6) is 1.14.